The van der Waals surface area contributed by atoms with Gasteiger partial charge in [-0.2, -0.15) is 0 Å². The first-order chi connectivity index (χ1) is 14.2. The van der Waals surface area contributed by atoms with Crippen LogP contribution in [0.2, 0.25) is 0 Å². The SMILES string of the molecule is O=C(CCN1C(=O)COc2ccccc21)Nc1ccc2c(c1)-c1ccccc1C2. The standard InChI is InChI=1S/C24H20N2O3/c27-23(11-12-26-21-7-3-4-8-22(21)29-15-24(26)28)25-18-10-9-17-13-16-5-1-2-6-19(16)20(17)14-18/h1-10,14H,11-13,15H2,(H,25,27). The van der Waals surface area contributed by atoms with Crippen molar-refractivity contribution in [1.82, 2.24) is 0 Å². The average Bonchev–Trinajstić information content (AvgIpc) is 3.11. The minimum absolute atomic E-state index is 0.00284. The monoisotopic (exact) mass is 384 g/mol. The van der Waals surface area contributed by atoms with Gasteiger partial charge in [-0.3, -0.25) is 9.59 Å². The van der Waals surface area contributed by atoms with Gasteiger partial charge in [0.05, 0.1) is 5.69 Å². The summed E-state index contributed by atoms with van der Waals surface area (Å²) in [6.45, 7) is 0.321. The summed E-state index contributed by atoms with van der Waals surface area (Å²) in [5.41, 5.74) is 6.49. The van der Waals surface area contributed by atoms with Gasteiger partial charge in [0.15, 0.2) is 6.61 Å². The Bertz CT molecular complexity index is 1120. The Morgan fingerprint density at radius 1 is 0.966 bits per heavy atom. The molecule has 0 bridgehead atoms. The fraction of sp³-hybridized carbons (Fsp3) is 0.167. The lowest BCUT2D eigenvalue weighted by molar-refractivity contribution is -0.121. The first-order valence-electron chi connectivity index (χ1n) is 9.72. The number of nitrogens with zero attached hydrogens (tertiary/aromatic N) is 1. The van der Waals surface area contributed by atoms with Crippen LogP contribution in [-0.4, -0.2) is 25.0 Å². The van der Waals surface area contributed by atoms with Crippen LogP contribution < -0.4 is 15.0 Å². The van der Waals surface area contributed by atoms with E-state index < -0.39 is 0 Å². The summed E-state index contributed by atoms with van der Waals surface area (Å²) in [6, 6.07) is 21.8. The number of carbonyl (C=O) groups is 2. The summed E-state index contributed by atoms with van der Waals surface area (Å²) in [5, 5.41) is 2.97. The molecule has 144 valence electrons. The summed E-state index contributed by atoms with van der Waals surface area (Å²) < 4.78 is 5.45. The predicted molar refractivity (Wildman–Crippen MR) is 112 cm³/mol. The number of para-hydroxylation sites is 2. The maximum absolute atomic E-state index is 12.5. The van der Waals surface area contributed by atoms with Gasteiger partial charge in [0, 0.05) is 18.7 Å². The molecule has 0 radical (unpaired) electrons. The third-order valence-electron chi connectivity index (χ3n) is 5.45. The highest BCUT2D eigenvalue weighted by molar-refractivity contribution is 5.99. The van der Waals surface area contributed by atoms with Crippen molar-refractivity contribution in [2.75, 3.05) is 23.4 Å². The van der Waals surface area contributed by atoms with Crippen LogP contribution >= 0.6 is 0 Å². The molecule has 3 aromatic rings. The number of hydrogen-bond acceptors (Lipinski definition) is 3. The number of rotatable bonds is 4. The van der Waals surface area contributed by atoms with Gasteiger partial charge < -0.3 is 15.0 Å². The molecule has 3 aromatic carbocycles. The summed E-state index contributed by atoms with van der Waals surface area (Å²) in [7, 11) is 0. The Balaban J connectivity index is 1.28. The molecule has 0 fully saturated rings. The summed E-state index contributed by atoms with van der Waals surface area (Å²) in [5.74, 6) is 0.420. The Kier molecular flexibility index (Phi) is 4.28. The van der Waals surface area contributed by atoms with Crippen LogP contribution in [0.15, 0.2) is 66.7 Å². The fourth-order valence-electron chi connectivity index (χ4n) is 4.04. The highest BCUT2D eigenvalue weighted by atomic mass is 16.5. The molecule has 0 atom stereocenters. The van der Waals surface area contributed by atoms with Gasteiger partial charge in [-0.05, 0) is 52.9 Å². The highest BCUT2D eigenvalue weighted by Gasteiger charge is 2.25. The molecule has 29 heavy (non-hydrogen) atoms. The number of carbonyl (C=O) groups excluding carboxylic acids is 2. The summed E-state index contributed by atoms with van der Waals surface area (Å²) in [4.78, 5) is 26.4. The topological polar surface area (TPSA) is 58.6 Å². The van der Waals surface area contributed by atoms with E-state index in [0.29, 0.717) is 18.0 Å². The molecule has 5 nitrogen and oxygen atoms in total. The zero-order valence-corrected chi connectivity index (χ0v) is 15.9. The number of anilines is 2. The second-order valence-electron chi connectivity index (χ2n) is 7.31. The number of ether oxygens (including phenoxy) is 1. The van der Waals surface area contributed by atoms with Crippen molar-refractivity contribution in [3.8, 4) is 16.9 Å². The molecule has 5 rings (SSSR count). The Morgan fingerprint density at radius 2 is 1.76 bits per heavy atom. The van der Waals surface area contributed by atoms with E-state index in [9.17, 15) is 9.59 Å². The second kappa shape index (κ2) is 7.09. The Hall–Kier alpha value is -3.60. The molecule has 0 aromatic heterocycles. The number of fused-ring (bicyclic) bond motifs is 4. The van der Waals surface area contributed by atoms with Crippen molar-refractivity contribution in [1.29, 1.82) is 0 Å². The van der Waals surface area contributed by atoms with E-state index in [1.54, 1.807) is 4.90 Å². The lowest BCUT2D eigenvalue weighted by Crippen LogP contribution is -2.40. The highest BCUT2D eigenvalue weighted by Crippen LogP contribution is 2.38. The van der Waals surface area contributed by atoms with Crippen molar-refractivity contribution in [3.05, 3.63) is 77.9 Å². The van der Waals surface area contributed by atoms with Crippen molar-refractivity contribution in [2.45, 2.75) is 12.8 Å². The minimum Gasteiger partial charge on any atom is -0.482 e. The molecule has 1 aliphatic carbocycles. The van der Waals surface area contributed by atoms with Crippen LogP contribution in [0.4, 0.5) is 11.4 Å². The number of nitrogens with one attached hydrogen (secondary N) is 1. The van der Waals surface area contributed by atoms with Crippen LogP contribution in [0.3, 0.4) is 0 Å². The zero-order valence-electron chi connectivity index (χ0n) is 15.9. The van der Waals surface area contributed by atoms with Gasteiger partial charge in [0.2, 0.25) is 5.91 Å². The van der Waals surface area contributed by atoms with E-state index >= 15 is 0 Å². The molecule has 2 aliphatic rings. The molecule has 0 saturated carbocycles. The average molecular weight is 384 g/mol. The minimum atomic E-state index is -0.134. The molecule has 1 heterocycles. The largest absolute Gasteiger partial charge is 0.482 e. The molecule has 1 N–H and O–H groups in total. The van der Waals surface area contributed by atoms with Crippen molar-refractivity contribution in [3.63, 3.8) is 0 Å². The number of benzene rings is 3. The van der Waals surface area contributed by atoms with Crippen LogP contribution in [-0.2, 0) is 16.0 Å². The second-order valence-corrected chi connectivity index (χ2v) is 7.31. The maximum atomic E-state index is 12.5. The van der Waals surface area contributed by atoms with Crippen LogP contribution in [0, 0.1) is 0 Å². The first kappa shape index (κ1) is 17.5. The molecule has 1 aliphatic heterocycles. The van der Waals surface area contributed by atoms with Crippen LogP contribution in [0.5, 0.6) is 5.75 Å². The Morgan fingerprint density at radius 3 is 2.69 bits per heavy atom. The van der Waals surface area contributed by atoms with Crippen molar-refractivity contribution < 1.29 is 14.3 Å². The zero-order chi connectivity index (χ0) is 19.8. The van der Waals surface area contributed by atoms with Gasteiger partial charge in [-0.1, -0.05) is 42.5 Å². The number of hydrogen-bond donors (Lipinski definition) is 1. The third kappa shape index (κ3) is 3.25. The Labute approximate surface area is 168 Å². The molecule has 5 heteroatoms. The van der Waals surface area contributed by atoms with E-state index in [0.717, 1.165) is 12.1 Å². The predicted octanol–water partition coefficient (Wildman–Crippen LogP) is 4.01. The molecular weight excluding hydrogens is 364 g/mol. The molecule has 2 amide bonds. The summed E-state index contributed by atoms with van der Waals surface area (Å²) in [6.07, 6.45) is 1.14. The van der Waals surface area contributed by atoms with Crippen LogP contribution in [0.25, 0.3) is 11.1 Å². The van der Waals surface area contributed by atoms with E-state index in [-0.39, 0.29) is 24.8 Å². The molecule has 0 spiro atoms. The fourth-order valence-corrected chi connectivity index (χ4v) is 4.04. The van der Waals surface area contributed by atoms with E-state index in [4.69, 9.17) is 4.74 Å². The lowest BCUT2D eigenvalue weighted by Gasteiger charge is -2.29. The van der Waals surface area contributed by atoms with Gasteiger partial charge in [-0.15, -0.1) is 0 Å². The number of amides is 2. The third-order valence-corrected chi connectivity index (χ3v) is 5.45. The van der Waals surface area contributed by atoms with E-state index in [1.165, 1.54) is 22.3 Å². The smallest absolute Gasteiger partial charge is 0.265 e. The lowest BCUT2D eigenvalue weighted by atomic mass is 10.1. The van der Waals surface area contributed by atoms with Crippen molar-refractivity contribution >= 4 is 23.2 Å². The van der Waals surface area contributed by atoms with Gasteiger partial charge >= 0.3 is 0 Å². The molecular formula is C24H20N2O3. The first-order valence-corrected chi connectivity index (χ1v) is 9.72. The van der Waals surface area contributed by atoms with Gasteiger partial charge in [0.1, 0.15) is 5.75 Å². The van der Waals surface area contributed by atoms with Gasteiger partial charge in [-0.25, -0.2) is 0 Å². The van der Waals surface area contributed by atoms with E-state index in [2.05, 4.69) is 29.6 Å². The normalized spacial score (nSPS) is 13.9. The maximum Gasteiger partial charge on any atom is 0.265 e. The molecule has 0 saturated heterocycles. The van der Waals surface area contributed by atoms with Gasteiger partial charge in [0.25, 0.3) is 5.91 Å². The van der Waals surface area contributed by atoms with E-state index in [1.807, 2.05) is 42.5 Å². The quantitative estimate of drug-likeness (QED) is 0.578. The van der Waals surface area contributed by atoms with Crippen LogP contribution in [0.1, 0.15) is 17.5 Å². The molecule has 0 unspecified atom stereocenters. The summed E-state index contributed by atoms with van der Waals surface area (Å²) >= 11 is 0. The van der Waals surface area contributed by atoms with Crippen molar-refractivity contribution in [2.24, 2.45) is 0 Å².